The van der Waals surface area contributed by atoms with Crippen LogP contribution in [0.15, 0.2) is 47.6 Å². The Kier molecular flexibility index (Phi) is 14.9. The Labute approximate surface area is 310 Å². The highest BCUT2D eigenvalue weighted by Crippen LogP contribution is 2.59. The van der Waals surface area contributed by atoms with Crippen molar-refractivity contribution in [3.8, 4) is 0 Å². The normalized spacial score (nSPS) is 30.4. The van der Waals surface area contributed by atoms with E-state index in [1.165, 1.54) is 25.7 Å². The van der Waals surface area contributed by atoms with Crippen molar-refractivity contribution in [1.82, 2.24) is 0 Å². The van der Waals surface area contributed by atoms with E-state index in [9.17, 15) is 10.2 Å². The average molecular weight is 731 g/mol. The molecule has 3 aliphatic rings. The van der Waals surface area contributed by atoms with E-state index in [1.807, 2.05) is 0 Å². The number of hydrogen-bond donors (Lipinski definition) is 2. The van der Waals surface area contributed by atoms with Crippen molar-refractivity contribution >= 4 is 16.6 Å². The van der Waals surface area contributed by atoms with Gasteiger partial charge >= 0.3 is 0 Å². The van der Waals surface area contributed by atoms with Crippen molar-refractivity contribution in [2.75, 3.05) is 13.2 Å². The van der Waals surface area contributed by atoms with Crippen LogP contribution in [-0.4, -0.2) is 64.0 Å². The maximum atomic E-state index is 11.0. The van der Waals surface area contributed by atoms with Crippen LogP contribution in [0.3, 0.4) is 0 Å². The summed E-state index contributed by atoms with van der Waals surface area (Å²) in [5, 5.41) is 22.3. The largest absolute Gasteiger partial charge is 0.414 e. The Morgan fingerprint density at radius 1 is 0.860 bits per heavy atom. The van der Waals surface area contributed by atoms with Crippen LogP contribution in [0.2, 0.25) is 36.3 Å². The summed E-state index contributed by atoms with van der Waals surface area (Å²) in [4.78, 5) is 0. The molecule has 0 bridgehead atoms. The molecule has 6 atom stereocenters. The van der Waals surface area contributed by atoms with Gasteiger partial charge in [0.15, 0.2) is 16.6 Å². The number of ether oxygens (including phenoxy) is 1. The van der Waals surface area contributed by atoms with E-state index in [4.69, 9.17) is 13.6 Å². The molecule has 3 rings (SSSR count). The standard InChI is InChI=1S/C43H78O5Si2/c1-15-43(16-2,48-50(13,14)41(7,8)9)27-18-17-20-32(3)35-24-25-36-34(21-19-26-42(35,36)10)23-22-33-30-37(44)39(38(45)31-33)46-28-29-47-49(11,12)40(4,5)6/h17-18,20,22-23,27,32,35-39,44-45H,15-16,19,21,24-26,28-31H2,1-14H3/b20-17+,27-18+,33-22?,34-23+/t32-,35?,36?,37-,38-,39?,42?/m1/s1. The predicted octanol–water partition coefficient (Wildman–Crippen LogP) is 11.3. The van der Waals surface area contributed by atoms with Gasteiger partial charge in [0.2, 0.25) is 0 Å². The van der Waals surface area contributed by atoms with E-state index >= 15 is 0 Å². The van der Waals surface area contributed by atoms with E-state index in [2.05, 4.69) is 132 Å². The van der Waals surface area contributed by atoms with Crippen molar-refractivity contribution in [2.24, 2.45) is 23.2 Å². The molecule has 0 radical (unpaired) electrons. The van der Waals surface area contributed by atoms with Crippen LogP contribution in [0.25, 0.3) is 0 Å². The molecule has 0 aliphatic heterocycles. The summed E-state index contributed by atoms with van der Waals surface area (Å²) in [6, 6.07) is 0. The quantitative estimate of drug-likeness (QED) is 0.106. The lowest BCUT2D eigenvalue weighted by atomic mass is 9.61. The summed E-state index contributed by atoms with van der Waals surface area (Å²) >= 11 is 0. The Bertz CT molecular complexity index is 1200. The molecule has 0 aromatic heterocycles. The minimum Gasteiger partial charge on any atom is -0.414 e. The zero-order valence-corrected chi connectivity index (χ0v) is 36.8. The third-order valence-corrected chi connectivity index (χ3v) is 23.0. The Morgan fingerprint density at radius 2 is 1.46 bits per heavy atom. The molecule has 0 aromatic carbocycles. The molecule has 3 unspecified atom stereocenters. The minimum absolute atomic E-state index is 0.144. The highest BCUT2D eigenvalue weighted by molar-refractivity contribution is 6.74. The van der Waals surface area contributed by atoms with Gasteiger partial charge in [0, 0.05) is 0 Å². The summed E-state index contributed by atoms with van der Waals surface area (Å²) in [6.45, 7) is 33.2. The molecule has 288 valence electrons. The van der Waals surface area contributed by atoms with E-state index in [1.54, 1.807) is 5.57 Å². The SMILES string of the molecule is CCC(/C=C/C=C/[C@@H](C)C1CCC2/C(=C/C=C3C[C@@H](O)C(OCCO[Si](C)(C)C(C)(C)C)[C@H](O)C3)CCCC21C)(CC)O[Si](C)(C)C(C)(C)C. The van der Waals surface area contributed by atoms with E-state index in [-0.39, 0.29) is 15.7 Å². The lowest BCUT2D eigenvalue weighted by Crippen LogP contribution is -2.48. The smallest absolute Gasteiger partial charge is 0.193 e. The van der Waals surface area contributed by atoms with Crippen LogP contribution in [0, 0.1) is 23.2 Å². The maximum Gasteiger partial charge on any atom is 0.193 e. The zero-order chi connectivity index (χ0) is 37.8. The molecule has 7 heteroatoms. The Morgan fingerprint density at radius 3 is 2.02 bits per heavy atom. The first-order valence-electron chi connectivity index (χ1n) is 20.1. The van der Waals surface area contributed by atoms with Crippen LogP contribution < -0.4 is 0 Å². The van der Waals surface area contributed by atoms with Gasteiger partial charge in [0.05, 0.1) is 31.0 Å². The van der Waals surface area contributed by atoms with Gasteiger partial charge in [0.25, 0.3) is 0 Å². The van der Waals surface area contributed by atoms with Crippen molar-refractivity contribution in [2.45, 2.75) is 187 Å². The summed E-state index contributed by atoms with van der Waals surface area (Å²) in [5.41, 5.74) is 2.78. The molecule has 3 saturated carbocycles. The van der Waals surface area contributed by atoms with E-state index < -0.39 is 34.9 Å². The molecule has 0 saturated heterocycles. The summed E-state index contributed by atoms with van der Waals surface area (Å²) in [6.07, 6.45) is 21.2. The van der Waals surface area contributed by atoms with Gasteiger partial charge in [-0.3, -0.25) is 0 Å². The number of fused-ring (bicyclic) bond motifs is 1. The number of hydrogen-bond acceptors (Lipinski definition) is 5. The van der Waals surface area contributed by atoms with Crippen molar-refractivity contribution < 1.29 is 23.8 Å². The molecular formula is C43H78O5Si2. The zero-order valence-electron chi connectivity index (χ0n) is 34.8. The first-order chi connectivity index (χ1) is 23.0. The summed E-state index contributed by atoms with van der Waals surface area (Å²) in [7, 11) is -3.73. The third-order valence-electron chi connectivity index (χ3n) is 14.0. The second-order valence-corrected chi connectivity index (χ2v) is 28.9. The first kappa shape index (κ1) is 43.6. The molecule has 0 aromatic rings. The average Bonchev–Trinajstić information content (AvgIpc) is 3.37. The molecule has 0 heterocycles. The summed E-state index contributed by atoms with van der Waals surface area (Å²) in [5.74, 6) is 1.78. The first-order valence-corrected chi connectivity index (χ1v) is 25.9. The predicted molar refractivity (Wildman–Crippen MR) is 218 cm³/mol. The second-order valence-electron chi connectivity index (χ2n) is 19.4. The minimum atomic E-state index is -1.88. The van der Waals surface area contributed by atoms with Crippen LogP contribution in [0.5, 0.6) is 0 Å². The molecule has 0 spiro atoms. The van der Waals surface area contributed by atoms with Crippen LogP contribution in [0.1, 0.15) is 127 Å². The molecular weight excluding hydrogens is 653 g/mol. The Balaban J connectivity index is 1.62. The van der Waals surface area contributed by atoms with Gasteiger partial charge < -0.3 is 23.8 Å². The highest BCUT2D eigenvalue weighted by atomic mass is 28.4. The lowest BCUT2D eigenvalue weighted by Gasteiger charge is -2.44. The molecule has 0 amide bonds. The van der Waals surface area contributed by atoms with Gasteiger partial charge in [-0.2, -0.15) is 0 Å². The van der Waals surface area contributed by atoms with Gasteiger partial charge in [-0.1, -0.05) is 117 Å². The number of aliphatic hydroxyl groups is 2. The fourth-order valence-corrected chi connectivity index (χ4v) is 11.2. The van der Waals surface area contributed by atoms with Gasteiger partial charge in [0.1, 0.15) is 6.10 Å². The number of allylic oxidation sites excluding steroid dienone is 6. The number of aliphatic hydroxyl groups excluding tert-OH is 2. The van der Waals surface area contributed by atoms with Crippen molar-refractivity contribution in [1.29, 1.82) is 0 Å². The van der Waals surface area contributed by atoms with Crippen molar-refractivity contribution in [3.05, 3.63) is 47.6 Å². The fraction of sp³-hybridized carbons (Fsp3) is 0.814. The van der Waals surface area contributed by atoms with Crippen LogP contribution in [0.4, 0.5) is 0 Å². The van der Waals surface area contributed by atoms with E-state index in [0.717, 1.165) is 24.8 Å². The number of rotatable bonds is 14. The van der Waals surface area contributed by atoms with Crippen LogP contribution in [-0.2, 0) is 13.6 Å². The van der Waals surface area contributed by atoms with Crippen molar-refractivity contribution in [3.63, 3.8) is 0 Å². The highest BCUT2D eigenvalue weighted by Gasteiger charge is 2.50. The molecule has 5 nitrogen and oxygen atoms in total. The molecule has 50 heavy (non-hydrogen) atoms. The van der Waals surface area contributed by atoms with Gasteiger partial charge in [-0.15, -0.1) is 0 Å². The topological polar surface area (TPSA) is 68.2 Å². The second kappa shape index (κ2) is 17.1. The Hall–Kier alpha value is -0.806. The molecule has 2 N–H and O–H groups in total. The van der Waals surface area contributed by atoms with E-state index in [0.29, 0.717) is 49.2 Å². The third kappa shape index (κ3) is 10.4. The fourth-order valence-electron chi connectivity index (χ4n) is 8.46. The monoisotopic (exact) mass is 731 g/mol. The summed E-state index contributed by atoms with van der Waals surface area (Å²) < 4.78 is 19.2. The molecule has 3 fully saturated rings. The van der Waals surface area contributed by atoms with Gasteiger partial charge in [-0.25, -0.2) is 0 Å². The molecule has 3 aliphatic carbocycles. The van der Waals surface area contributed by atoms with Crippen LogP contribution >= 0.6 is 0 Å². The lowest BCUT2D eigenvalue weighted by molar-refractivity contribution is -0.114. The van der Waals surface area contributed by atoms with Gasteiger partial charge in [-0.05, 0) is 117 Å². The maximum absolute atomic E-state index is 11.0.